The molecule has 37 heavy (non-hydrogen) atoms. The van der Waals surface area contributed by atoms with Gasteiger partial charge in [0.2, 0.25) is 10.0 Å². The van der Waals surface area contributed by atoms with E-state index in [0.717, 1.165) is 12.1 Å². The summed E-state index contributed by atoms with van der Waals surface area (Å²) in [5.41, 5.74) is -0.489. The van der Waals surface area contributed by atoms with Gasteiger partial charge in [0.25, 0.3) is 5.91 Å². The fraction of sp³-hybridized carbons (Fsp3) is 0.240. The number of amides is 1. The van der Waals surface area contributed by atoms with Gasteiger partial charge in [-0.3, -0.25) is 4.79 Å². The average molecular weight is 549 g/mol. The highest BCUT2D eigenvalue weighted by Gasteiger charge is 2.38. The largest absolute Gasteiger partial charge is 0.417 e. The van der Waals surface area contributed by atoms with Gasteiger partial charge < -0.3 is 4.90 Å². The predicted molar refractivity (Wildman–Crippen MR) is 130 cm³/mol. The Bertz CT molecular complexity index is 1460. The highest BCUT2D eigenvalue weighted by Crippen LogP contribution is 2.37. The number of nitriles is 1. The molecule has 1 amide bonds. The minimum atomic E-state index is -4.95. The number of pyridine rings is 1. The van der Waals surface area contributed by atoms with E-state index in [1.165, 1.54) is 41.4 Å². The zero-order chi connectivity index (χ0) is 26.8. The molecule has 2 aromatic carbocycles. The Morgan fingerprint density at radius 1 is 1.11 bits per heavy atom. The smallest absolute Gasteiger partial charge is 0.338 e. The molecular formula is C25H20ClF3N4O3S. The lowest BCUT2D eigenvalue weighted by Gasteiger charge is -2.32. The average Bonchev–Trinajstić information content (AvgIpc) is 2.88. The maximum atomic E-state index is 13.9. The fourth-order valence-electron chi connectivity index (χ4n) is 4.15. The Kier molecular flexibility index (Phi) is 7.54. The highest BCUT2D eigenvalue weighted by molar-refractivity contribution is 7.89. The number of rotatable bonds is 5. The molecule has 7 nitrogen and oxygen atoms in total. The minimum absolute atomic E-state index is 0.0759. The number of alkyl halides is 3. The summed E-state index contributed by atoms with van der Waals surface area (Å²) in [6.45, 7) is 0.426. The summed E-state index contributed by atoms with van der Waals surface area (Å²) < 4.78 is 70.3. The minimum Gasteiger partial charge on any atom is -0.338 e. The van der Waals surface area contributed by atoms with Gasteiger partial charge in [-0.1, -0.05) is 35.9 Å². The van der Waals surface area contributed by atoms with Crippen molar-refractivity contribution in [2.45, 2.75) is 30.0 Å². The molecule has 12 heteroatoms. The number of carbonyl (C=O) groups is 1. The molecule has 1 aliphatic heterocycles. The maximum absolute atomic E-state index is 13.9. The number of nitrogens with zero attached hydrogens (tertiary/aromatic N) is 3. The topological polar surface area (TPSA) is 103 Å². The van der Waals surface area contributed by atoms with E-state index in [2.05, 4.69) is 9.71 Å². The van der Waals surface area contributed by atoms with E-state index >= 15 is 0 Å². The van der Waals surface area contributed by atoms with Crippen molar-refractivity contribution in [1.82, 2.24) is 14.6 Å². The number of likely N-dealkylation sites (tertiary alicyclic amines) is 1. The Labute approximate surface area is 216 Å². The van der Waals surface area contributed by atoms with Gasteiger partial charge in [-0.05, 0) is 54.3 Å². The Morgan fingerprint density at radius 3 is 2.43 bits per heavy atom. The van der Waals surface area contributed by atoms with Gasteiger partial charge in [0.05, 0.1) is 27.7 Å². The quantitative estimate of drug-likeness (QED) is 0.458. The third-order valence-electron chi connectivity index (χ3n) is 6.01. The van der Waals surface area contributed by atoms with Crippen LogP contribution in [0.1, 0.15) is 34.3 Å². The van der Waals surface area contributed by atoms with Crippen LogP contribution in [0.2, 0.25) is 5.15 Å². The van der Waals surface area contributed by atoms with E-state index in [0.29, 0.717) is 5.56 Å². The molecule has 4 rings (SSSR count). The molecule has 0 saturated carbocycles. The number of halogens is 4. The second kappa shape index (κ2) is 10.5. The molecule has 1 aliphatic rings. The summed E-state index contributed by atoms with van der Waals surface area (Å²) >= 11 is 5.74. The number of piperidine rings is 1. The van der Waals surface area contributed by atoms with Crippen molar-refractivity contribution in [3.05, 3.63) is 82.6 Å². The van der Waals surface area contributed by atoms with Crippen LogP contribution in [-0.2, 0) is 16.2 Å². The van der Waals surface area contributed by atoms with Crippen LogP contribution in [0, 0.1) is 11.3 Å². The van der Waals surface area contributed by atoms with Crippen molar-refractivity contribution in [2.24, 2.45) is 0 Å². The SMILES string of the molecule is N#Cc1ccccc1-c1ccc(S(=O)(=O)NC2CCN(C(=O)c3ccc(Cl)nc3)CC2)c(C(F)(F)F)c1. The van der Waals surface area contributed by atoms with Crippen LogP contribution < -0.4 is 4.72 Å². The van der Waals surface area contributed by atoms with Crippen molar-refractivity contribution in [3.63, 3.8) is 0 Å². The summed E-state index contributed by atoms with van der Waals surface area (Å²) in [5, 5.41) is 9.53. The zero-order valence-electron chi connectivity index (χ0n) is 19.2. The molecule has 0 aliphatic carbocycles. The van der Waals surface area contributed by atoms with Crippen LogP contribution in [0.25, 0.3) is 11.1 Å². The van der Waals surface area contributed by atoms with Gasteiger partial charge in [-0.15, -0.1) is 0 Å². The lowest BCUT2D eigenvalue weighted by molar-refractivity contribution is -0.139. The number of nitrogens with one attached hydrogen (secondary N) is 1. The van der Waals surface area contributed by atoms with E-state index in [1.807, 2.05) is 6.07 Å². The van der Waals surface area contributed by atoms with E-state index < -0.39 is 32.7 Å². The number of hydrogen-bond acceptors (Lipinski definition) is 5. The fourth-order valence-corrected chi connectivity index (χ4v) is 5.78. The van der Waals surface area contributed by atoms with Crippen LogP contribution in [-0.4, -0.2) is 43.3 Å². The number of aromatic nitrogens is 1. The van der Waals surface area contributed by atoms with E-state index in [1.54, 1.807) is 12.1 Å². The van der Waals surface area contributed by atoms with Crippen molar-refractivity contribution in [3.8, 4) is 17.2 Å². The first-order valence-electron chi connectivity index (χ1n) is 11.1. The molecule has 0 unspecified atom stereocenters. The number of hydrogen-bond donors (Lipinski definition) is 1. The molecule has 1 aromatic heterocycles. The summed E-state index contributed by atoms with van der Waals surface area (Å²) in [6, 6.07) is 13.3. The number of carbonyl (C=O) groups excluding carboxylic acids is 1. The molecular weight excluding hydrogens is 529 g/mol. The summed E-state index contributed by atoms with van der Waals surface area (Å²) in [4.78, 5) is 17.1. The van der Waals surface area contributed by atoms with Crippen LogP contribution in [0.15, 0.2) is 65.7 Å². The van der Waals surface area contributed by atoms with E-state index in [4.69, 9.17) is 11.6 Å². The van der Waals surface area contributed by atoms with Crippen molar-refractivity contribution >= 4 is 27.5 Å². The molecule has 192 valence electrons. The van der Waals surface area contributed by atoms with Gasteiger partial charge in [0.1, 0.15) is 5.15 Å². The van der Waals surface area contributed by atoms with Gasteiger partial charge in [-0.2, -0.15) is 18.4 Å². The van der Waals surface area contributed by atoms with Crippen LogP contribution in [0.5, 0.6) is 0 Å². The summed E-state index contributed by atoms with van der Waals surface area (Å²) in [5.74, 6) is -0.293. The molecule has 0 bridgehead atoms. The first-order chi connectivity index (χ1) is 17.5. The highest BCUT2D eigenvalue weighted by atomic mass is 35.5. The molecule has 2 heterocycles. The zero-order valence-corrected chi connectivity index (χ0v) is 20.7. The predicted octanol–water partition coefficient (Wildman–Crippen LogP) is 4.88. The lowest BCUT2D eigenvalue weighted by Crippen LogP contribution is -2.46. The third kappa shape index (κ3) is 5.93. The standard InChI is InChI=1S/C25H20ClF3N4O3S/c26-23-8-6-18(15-31-23)24(34)33-11-9-19(10-12-33)32-37(35,36)22-7-5-16(13-21(22)25(27,28)29)20-4-2-1-3-17(20)14-30/h1-8,13,15,19,32H,9-12H2. The molecule has 3 aromatic rings. The summed E-state index contributed by atoms with van der Waals surface area (Å²) in [7, 11) is -4.55. The maximum Gasteiger partial charge on any atom is 0.417 e. The molecule has 1 saturated heterocycles. The second-order valence-corrected chi connectivity index (χ2v) is 10.5. The Hall–Kier alpha value is -3.46. The second-order valence-electron chi connectivity index (χ2n) is 8.42. The van der Waals surface area contributed by atoms with Crippen molar-refractivity contribution in [1.29, 1.82) is 5.26 Å². The Morgan fingerprint density at radius 2 is 1.81 bits per heavy atom. The number of sulfonamides is 1. The summed E-state index contributed by atoms with van der Waals surface area (Å²) in [6.07, 6.45) is -3.16. The molecule has 1 fully saturated rings. The van der Waals surface area contributed by atoms with Gasteiger partial charge in [-0.25, -0.2) is 18.1 Å². The molecule has 0 atom stereocenters. The molecule has 1 N–H and O–H groups in total. The third-order valence-corrected chi connectivity index (χ3v) is 7.81. The van der Waals surface area contributed by atoms with Crippen molar-refractivity contribution < 1.29 is 26.4 Å². The first-order valence-corrected chi connectivity index (χ1v) is 13.0. The van der Waals surface area contributed by atoms with Crippen molar-refractivity contribution in [2.75, 3.05) is 13.1 Å². The normalized spacial score (nSPS) is 14.8. The van der Waals surface area contributed by atoms with Crippen LogP contribution in [0.4, 0.5) is 13.2 Å². The first kappa shape index (κ1) is 26.6. The number of benzene rings is 2. The monoisotopic (exact) mass is 548 g/mol. The lowest BCUT2D eigenvalue weighted by atomic mass is 9.98. The van der Waals surface area contributed by atoms with E-state index in [9.17, 15) is 31.6 Å². The molecule has 0 radical (unpaired) electrons. The van der Waals surface area contributed by atoms with Gasteiger partial charge in [0, 0.05) is 25.3 Å². The van der Waals surface area contributed by atoms with Gasteiger partial charge in [0.15, 0.2) is 0 Å². The van der Waals surface area contributed by atoms with Crippen LogP contribution in [0.3, 0.4) is 0 Å². The Balaban J connectivity index is 1.53. The van der Waals surface area contributed by atoms with Crippen LogP contribution >= 0.6 is 11.6 Å². The van der Waals surface area contributed by atoms with Gasteiger partial charge >= 0.3 is 6.18 Å². The molecule has 0 spiro atoms. The van der Waals surface area contributed by atoms with E-state index in [-0.39, 0.29) is 53.7 Å².